The summed E-state index contributed by atoms with van der Waals surface area (Å²) in [6, 6.07) is 8.28. The molecule has 0 aliphatic rings. The Morgan fingerprint density at radius 1 is 1.42 bits per heavy atom. The fraction of sp³-hybridized carbons (Fsp3) is 0.462. The van der Waals surface area contributed by atoms with Gasteiger partial charge in [-0.1, -0.05) is 6.07 Å². The van der Waals surface area contributed by atoms with Gasteiger partial charge in [-0.25, -0.2) is 13.1 Å². The number of nitrogens with one attached hydrogen (secondary N) is 1. The molecular formula is C13H19N3O2S. The molecule has 0 atom stereocenters. The molecule has 0 saturated heterocycles. The van der Waals surface area contributed by atoms with Gasteiger partial charge in [0.2, 0.25) is 10.0 Å². The minimum Gasteiger partial charge on any atom is -0.303 e. The van der Waals surface area contributed by atoms with E-state index in [9.17, 15) is 8.42 Å². The molecule has 0 saturated carbocycles. The standard InChI is InChI=1S/C13H19N3O2S/c1-11(2)16(3)8-7-15-19(17,18)13-6-4-5-12(9-13)10-14/h4-6,9,11,15H,7-8H2,1-3H3. The molecular weight excluding hydrogens is 262 g/mol. The van der Waals surface area contributed by atoms with E-state index in [0.29, 0.717) is 24.7 Å². The van der Waals surface area contributed by atoms with E-state index >= 15 is 0 Å². The summed E-state index contributed by atoms with van der Waals surface area (Å²) >= 11 is 0. The van der Waals surface area contributed by atoms with Crippen molar-refractivity contribution >= 4 is 10.0 Å². The van der Waals surface area contributed by atoms with Crippen molar-refractivity contribution in [2.24, 2.45) is 0 Å². The summed E-state index contributed by atoms with van der Waals surface area (Å²) in [7, 11) is -1.60. The van der Waals surface area contributed by atoms with Gasteiger partial charge in [0.25, 0.3) is 0 Å². The van der Waals surface area contributed by atoms with Gasteiger partial charge in [0.05, 0.1) is 16.5 Å². The van der Waals surface area contributed by atoms with Gasteiger partial charge in [-0.3, -0.25) is 0 Å². The van der Waals surface area contributed by atoms with E-state index in [1.807, 2.05) is 31.9 Å². The molecule has 1 aromatic rings. The molecule has 104 valence electrons. The second-order valence-corrected chi connectivity index (χ2v) is 6.38. The molecule has 0 aliphatic heterocycles. The number of likely N-dealkylation sites (N-methyl/N-ethyl adjacent to an activating group) is 1. The Hall–Kier alpha value is -1.42. The van der Waals surface area contributed by atoms with Crippen LogP contribution in [0.2, 0.25) is 0 Å². The van der Waals surface area contributed by atoms with E-state index in [4.69, 9.17) is 5.26 Å². The van der Waals surface area contributed by atoms with E-state index in [0.717, 1.165) is 0 Å². The summed E-state index contributed by atoms with van der Waals surface area (Å²) in [5.41, 5.74) is 0.335. The Morgan fingerprint density at radius 2 is 2.11 bits per heavy atom. The minimum absolute atomic E-state index is 0.124. The highest BCUT2D eigenvalue weighted by Crippen LogP contribution is 2.10. The average molecular weight is 281 g/mol. The van der Waals surface area contributed by atoms with Crippen LogP contribution in [0.25, 0.3) is 0 Å². The Balaban J connectivity index is 2.69. The molecule has 0 radical (unpaired) electrons. The fourth-order valence-corrected chi connectivity index (χ4v) is 2.50. The predicted octanol–water partition coefficient (Wildman–Crippen LogP) is 1.18. The normalized spacial score (nSPS) is 11.8. The zero-order chi connectivity index (χ0) is 14.5. The maximum Gasteiger partial charge on any atom is 0.240 e. The molecule has 1 N–H and O–H groups in total. The largest absolute Gasteiger partial charge is 0.303 e. The predicted molar refractivity (Wildman–Crippen MR) is 74.1 cm³/mol. The number of sulfonamides is 1. The van der Waals surface area contributed by atoms with Crippen LogP contribution in [-0.2, 0) is 10.0 Å². The van der Waals surface area contributed by atoms with Crippen LogP contribution >= 0.6 is 0 Å². The quantitative estimate of drug-likeness (QED) is 0.849. The van der Waals surface area contributed by atoms with E-state index < -0.39 is 10.0 Å². The lowest BCUT2D eigenvalue weighted by Crippen LogP contribution is -2.36. The summed E-state index contributed by atoms with van der Waals surface area (Å²) < 4.78 is 26.6. The van der Waals surface area contributed by atoms with E-state index in [1.165, 1.54) is 12.1 Å². The first-order chi connectivity index (χ1) is 8.86. The second kappa shape index (κ2) is 6.66. The zero-order valence-corrected chi connectivity index (χ0v) is 12.2. The van der Waals surface area contributed by atoms with Gasteiger partial charge < -0.3 is 4.90 Å². The first kappa shape index (κ1) is 15.6. The Morgan fingerprint density at radius 3 is 2.68 bits per heavy atom. The lowest BCUT2D eigenvalue weighted by atomic mass is 10.2. The van der Waals surface area contributed by atoms with Gasteiger partial charge in [-0.05, 0) is 39.1 Å². The summed E-state index contributed by atoms with van der Waals surface area (Å²) in [5.74, 6) is 0. The van der Waals surface area contributed by atoms with Gasteiger partial charge in [0.1, 0.15) is 0 Å². The first-order valence-corrected chi connectivity index (χ1v) is 7.55. The van der Waals surface area contributed by atoms with Crippen molar-refractivity contribution in [3.63, 3.8) is 0 Å². The third kappa shape index (κ3) is 4.63. The van der Waals surface area contributed by atoms with Crippen LogP contribution < -0.4 is 4.72 Å². The molecule has 0 spiro atoms. The highest BCUT2D eigenvalue weighted by atomic mass is 32.2. The van der Waals surface area contributed by atoms with Gasteiger partial charge in [-0.15, -0.1) is 0 Å². The van der Waals surface area contributed by atoms with Crippen molar-refractivity contribution in [2.45, 2.75) is 24.8 Å². The summed E-state index contributed by atoms with van der Waals surface area (Å²) in [6.45, 7) is 5.07. The van der Waals surface area contributed by atoms with E-state index in [1.54, 1.807) is 12.1 Å². The molecule has 0 heterocycles. The molecule has 0 aliphatic carbocycles. The smallest absolute Gasteiger partial charge is 0.240 e. The number of nitrogens with zero attached hydrogens (tertiary/aromatic N) is 2. The lowest BCUT2D eigenvalue weighted by Gasteiger charge is -2.20. The van der Waals surface area contributed by atoms with Gasteiger partial charge in [0.15, 0.2) is 0 Å². The van der Waals surface area contributed by atoms with Crippen molar-refractivity contribution in [1.29, 1.82) is 5.26 Å². The van der Waals surface area contributed by atoms with Gasteiger partial charge in [-0.2, -0.15) is 5.26 Å². The Bertz CT molecular complexity index is 561. The van der Waals surface area contributed by atoms with Crippen molar-refractivity contribution in [2.75, 3.05) is 20.1 Å². The molecule has 1 aromatic carbocycles. The van der Waals surface area contributed by atoms with Crippen molar-refractivity contribution in [3.8, 4) is 6.07 Å². The number of hydrogen-bond acceptors (Lipinski definition) is 4. The molecule has 0 fully saturated rings. The third-order valence-corrected chi connectivity index (χ3v) is 4.37. The van der Waals surface area contributed by atoms with Crippen LogP contribution in [0.15, 0.2) is 29.2 Å². The maximum atomic E-state index is 12.0. The SMILES string of the molecule is CC(C)N(C)CCNS(=O)(=O)c1cccc(C#N)c1. The van der Waals surface area contributed by atoms with Crippen LogP contribution in [0.5, 0.6) is 0 Å². The maximum absolute atomic E-state index is 12.0. The lowest BCUT2D eigenvalue weighted by molar-refractivity contribution is 0.278. The Kier molecular flexibility index (Phi) is 5.48. The summed E-state index contributed by atoms with van der Waals surface area (Å²) in [5, 5.41) is 8.77. The molecule has 5 nitrogen and oxygen atoms in total. The Labute approximate surface area is 114 Å². The van der Waals surface area contributed by atoms with Crippen molar-refractivity contribution in [3.05, 3.63) is 29.8 Å². The average Bonchev–Trinajstić information content (AvgIpc) is 2.38. The number of hydrogen-bond donors (Lipinski definition) is 1. The summed E-state index contributed by atoms with van der Waals surface area (Å²) in [6.07, 6.45) is 0. The number of benzene rings is 1. The first-order valence-electron chi connectivity index (χ1n) is 6.07. The minimum atomic E-state index is -3.54. The molecule has 6 heteroatoms. The van der Waals surface area contributed by atoms with Crippen LogP contribution in [0.4, 0.5) is 0 Å². The summed E-state index contributed by atoms with van der Waals surface area (Å²) in [4.78, 5) is 2.17. The number of rotatable bonds is 6. The molecule has 1 rings (SSSR count). The van der Waals surface area contributed by atoms with E-state index in [2.05, 4.69) is 4.72 Å². The number of nitriles is 1. The molecule has 0 unspecified atom stereocenters. The van der Waals surface area contributed by atoms with Crippen LogP contribution in [0, 0.1) is 11.3 Å². The van der Waals surface area contributed by atoms with Crippen molar-refractivity contribution in [1.82, 2.24) is 9.62 Å². The monoisotopic (exact) mass is 281 g/mol. The third-order valence-electron chi connectivity index (χ3n) is 2.91. The van der Waals surface area contributed by atoms with Crippen molar-refractivity contribution < 1.29 is 8.42 Å². The second-order valence-electron chi connectivity index (χ2n) is 4.61. The topological polar surface area (TPSA) is 73.2 Å². The molecule has 0 aromatic heterocycles. The molecule has 0 amide bonds. The molecule has 0 bridgehead atoms. The highest BCUT2D eigenvalue weighted by molar-refractivity contribution is 7.89. The molecule has 19 heavy (non-hydrogen) atoms. The highest BCUT2D eigenvalue weighted by Gasteiger charge is 2.14. The van der Waals surface area contributed by atoms with Crippen LogP contribution in [0.3, 0.4) is 0 Å². The van der Waals surface area contributed by atoms with Crippen LogP contribution in [0.1, 0.15) is 19.4 Å². The fourth-order valence-electron chi connectivity index (χ4n) is 1.43. The van der Waals surface area contributed by atoms with Crippen LogP contribution in [-0.4, -0.2) is 39.5 Å². The van der Waals surface area contributed by atoms with Gasteiger partial charge >= 0.3 is 0 Å². The zero-order valence-electron chi connectivity index (χ0n) is 11.4. The van der Waals surface area contributed by atoms with Gasteiger partial charge in [0, 0.05) is 19.1 Å². The van der Waals surface area contributed by atoms with E-state index in [-0.39, 0.29) is 4.90 Å².